The molecule has 1 aromatic carbocycles. The topological polar surface area (TPSA) is 38.2 Å². The van der Waals surface area contributed by atoms with Crippen molar-refractivity contribution in [3.63, 3.8) is 0 Å². The van der Waals surface area contributed by atoms with Crippen LogP contribution in [0.4, 0.5) is 13.2 Å². The summed E-state index contributed by atoms with van der Waals surface area (Å²) in [5, 5.41) is 0. The van der Waals surface area contributed by atoms with E-state index >= 15 is 0 Å². The zero-order valence-corrected chi connectivity index (χ0v) is 16.3. The van der Waals surface area contributed by atoms with Gasteiger partial charge in [-0.3, -0.25) is 14.9 Å². The fourth-order valence-corrected chi connectivity index (χ4v) is 3.70. The zero-order chi connectivity index (χ0) is 21.0. The number of nitrogens with zero attached hydrogens (tertiary/aromatic N) is 3. The molecule has 4 rings (SSSR count). The van der Waals surface area contributed by atoms with Crippen molar-refractivity contribution in [2.45, 2.75) is 25.2 Å². The van der Waals surface area contributed by atoms with Gasteiger partial charge in [0.05, 0.1) is 17.9 Å². The van der Waals surface area contributed by atoms with E-state index in [1.165, 1.54) is 12.1 Å². The van der Waals surface area contributed by atoms with Crippen LogP contribution >= 0.6 is 0 Å². The molecule has 0 spiro atoms. The van der Waals surface area contributed by atoms with E-state index in [-0.39, 0.29) is 18.1 Å². The molecule has 7 heteroatoms. The molecule has 1 atom stereocenters. The Hall–Kier alpha value is -2.77. The molecule has 3 aromatic rings. The first-order chi connectivity index (χ1) is 14.5. The Labute approximate surface area is 173 Å². The van der Waals surface area contributed by atoms with Crippen molar-refractivity contribution in [2.24, 2.45) is 0 Å². The second-order valence-corrected chi connectivity index (χ2v) is 7.34. The molecule has 1 aliphatic heterocycles. The lowest BCUT2D eigenvalue weighted by atomic mass is 10.0. The molecule has 3 heterocycles. The lowest BCUT2D eigenvalue weighted by Gasteiger charge is -2.32. The fourth-order valence-electron chi connectivity index (χ4n) is 3.70. The first-order valence-corrected chi connectivity index (χ1v) is 9.83. The first kappa shape index (κ1) is 20.5. The van der Waals surface area contributed by atoms with Crippen LogP contribution in [-0.2, 0) is 23.9 Å². The normalized spacial score (nSPS) is 17.8. The summed E-state index contributed by atoms with van der Waals surface area (Å²) in [5.41, 5.74) is 2.07. The van der Waals surface area contributed by atoms with Gasteiger partial charge in [0.1, 0.15) is 6.10 Å². The minimum atomic E-state index is -4.38. The van der Waals surface area contributed by atoms with E-state index in [0.717, 1.165) is 30.4 Å². The summed E-state index contributed by atoms with van der Waals surface area (Å²) in [6, 6.07) is 15.1. The Kier molecular flexibility index (Phi) is 6.11. The molecule has 1 fully saturated rings. The number of ether oxygens (including phenoxy) is 1. The van der Waals surface area contributed by atoms with E-state index in [1.54, 1.807) is 18.3 Å². The number of rotatable bonds is 5. The van der Waals surface area contributed by atoms with Gasteiger partial charge in [0.15, 0.2) is 0 Å². The van der Waals surface area contributed by atoms with Crippen molar-refractivity contribution >= 4 is 0 Å². The number of benzene rings is 1. The van der Waals surface area contributed by atoms with Crippen LogP contribution < -0.4 is 0 Å². The maximum Gasteiger partial charge on any atom is 0.416 e. The molecular weight excluding hydrogens is 391 g/mol. The smallest absolute Gasteiger partial charge is 0.369 e. The molecule has 0 N–H and O–H groups in total. The summed E-state index contributed by atoms with van der Waals surface area (Å²) in [4.78, 5) is 11.1. The van der Waals surface area contributed by atoms with Crippen molar-refractivity contribution in [1.82, 2.24) is 14.9 Å². The number of pyridine rings is 2. The van der Waals surface area contributed by atoms with Gasteiger partial charge in [-0.25, -0.2) is 0 Å². The maximum absolute atomic E-state index is 13.3. The average Bonchev–Trinajstić information content (AvgIpc) is 2.75. The molecule has 1 saturated heterocycles. The molecule has 0 radical (unpaired) electrons. The minimum Gasteiger partial charge on any atom is -0.369 e. The Morgan fingerprint density at radius 2 is 1.90 bits per heavy atom. The molecule has 1 aliphatic rings. The van der Waals surface area contributed by atoms with E-state index < -0.39 is 11.7 Å². The Morgan fingerprint density at radius 1 is 1.03 bits per heavy atom. The second-order valence-electron chi connectivity index (χ2n) is 7.34. The summed E-state index contributed by atoms with van der Waals surface area (Å²) in [6.07, 6.45) is -0.879. The summed E-state index contributed by atoms with van der Waals surface area (Å²) < 4.78 is 45.8. The highest BCUT2D eigenvalue weighted by atomic mass is 19.4. The van der Waals surface area contributed by atoms with E-state index in [0.29, 0.717) is 18.8 Å². The summed E-state index contributed by atoms with van der Waals surface area (Å²) >= 11 is 0. The van der Waals surface area contributed by atoms with Crippen molar-refractivity contribution in [1.29, 1.82) is 0 Å². The van der Waals surface area contributed by atoms with Gasteiger partial charge in [-0.15, -0.1) is 0 Å². The van der Waals surface area contributed by atoms with Crippen molar-refractivity contribution in [3.8, 4) is 0 Å². The number of morpholine rings is 1. The van der Waals surface area contributed by atoms with Crippen LogP contribution in [0.25, 0.3) is 0 Å². The quantitative estimate of drug-likeness (QED) is 0.610. The van der Waals surface area contributed by atoms with Gasteiger partial charge in [-0.2, -0.15) is 13.2 Å². The Balaban J connectivity index is 1.48. The Bertz CT molecular complexity index is 979. The van der Waals surface area contributed by atoms with Crippen LogP contribution in [0.5, 0.6) is 0 Å². The lowest BCUT2D eigenvalue weighted by molar-refractivity contribution is -0.138. The van der Waals surface area contributed by atoms with Crippen LogP contribution in [0.2, 0.25) is 0 Å². The first-order valence-electron chi connectivity index (χ1n) is 9.83. The number of halogens is 3. The highest BCUT2D eigenvalue weighted by Crippen LogP contribution is 2.33. The van der Waals surface area contributed by atoms with Gasteiger partial charge in [0.2, 0.25) is 0 Å². The van der Waals surface area contributed by atoms with Gasteiger partial charge >= 0.3 is 6.18 Å². The standard InChI is InChI=1S/C23H22F3N3O/c24-23(25,26)20-8-2-1-6-18(20)13-19-7-3-9-21(28-19)22-16-29(11-12-30-22)15-17-5-4-10-27-14-17/h1-10,14,22H,11-13,15-16H2. The van der Waals surface area contributed by atoms with E-state index in [1.807, 2.05) is 30.5 Å². The van der Waals surface area contributed by atoms with Crippen LogP contribution in [-0.4, -0.2) is 34.6 Å². The van der Waals surface area contributed by atoms with Crippen LogP contribution in [0.1, 0.15) is 34.2 Å². The van der Waals surface area contributed by atoms with E-state index in [4.69, 9.17) is 4.74 Å². The SMILES string of the molecule is FC(F)(F)c1ccccc1Cc1cccc(C2CN(Cc3cccnc3)CCO2)n1. The highest BCUT2D eigenvalue weighted by molar-refractivity contribution is 5.33. The number of alkyl halides is 3. The molecular formula is C23H22F3N3O. The van der Waals surface area contributed by atoms with Gasteiger partial charge in [0.25, 0.3) is 0 Å². The third kappa shape index (κ3) is 5.04. The third-order valence-electron chi connectivity index (χ3n) is 5.13. The highest BCUT2D eigenvalue weighted by Gasteiger charge is 2.33. The van der Waals surface area contributed by atoms with Gasteiger partial charge < -0.3 is 4.74 Å². The van der Waals surface area contributed by atoms with Gasteiger partial charge in [-0.1, -0.05) is 30.3 Å². The van der Waals surface area contributed by atoms with Crippen molar-refractivity contribution < 1.29 is 17.9 Å². The zero-order valence-electron chi connectivity index (χ0n) is 16.3. The fraction of sp³-hybridized carbons (Fsp3) is 0.304. The van der Waals surface area contributed by atoms with Crippen molar-refractivity contribution in [2.75, 3.05) is 19.7 Å². The monoisotopic (exact) mass is 413 g/mol. The maximum atomic E-state index is 13.3. The summed E-state index contributed by atoms with van der Waals surface area (Å²) in [5.74, 6) is 0. The van der Waals surface area contributed by atoms with Crippen molar-refractivity contribution in [3.05, 3.63) is 95.1 Å². The number of hydrogen-bond donors (Lipinski definition) is 0. The van der Waals surface area contributed by atoms with Crippen LogP contribution in [0, 0.1) is 0 Å². The molecule has 0 saturated carbocycles. The molecule has 30 heavy (non-hydrogen) atoms. The lowest BCUT2D eigenvalue weighted by Crippen LogP contribution is -2.38. The number of hydrogen-bond acceptors (Lipinski definition) is 4. The van der Waals surface area contributed by atoms with Crippen LogP contribution in [0.3, 0.4) is 0 Å². The molecule has 1 unspecified atom stereocenters. The largest absolute Gasteiger partial charge is 0.416 e. The molecule has 0 amide bonds. The average molecular weight is 413 g/mol. The summed E-state index contributed by atoms with van der Waals surface area (Å²) in [7, 11) is 0. The minimum absolute atomic E-state index is 0.121. The summed E-state index contributed by atoms with van der Waals surface area (Å²) in [6.45, 7) is 2.83. The molecule has 0 aliphatic carbocycles. The predicted molar refractivity (Wildman–Crippen MR) is 107 cm³/mol. The van der Waals surface area contributed by atoms with Gasteiger partial charge in [0, 0.05) is 44.1 Å². The molecule has 156 valence electrons. The third-order valence-corrected chi connectivity index (χ3v) is 5.13. The van der Waals surface area contributed by atoms with E-state index in [2.05, 4.69) is 14.9 Å². The number of aromatic nitrogens is 2. The van der Waals surface area contributed by atoms with Crippen LogP contribution in [0.15, 0.2) is 67.0 Å². The predicted octanol–water partition coefficient (Wildman–Crippen LogP) is 4.66. The molecule has 2 aromatic heterocycles. The second kappa shape index (κ2) is 8.93. The molecule has 0 bridgehead atoms. The van der Waals surface area contributed by atoms with E-state index in [9.17, 15) is 13.2 Å². The Morgan fingerprint density at radius 3 is 2.70 bits per heavy atom. The molecule has 4 nitrogen and oxygen atoms in total. The van der Waals surface area contributed by atoms with Gasteiger partial charge in [-0.05, 0) is 35.4 Å².